The molecule has 0 atom stereocenters. The molecule has 118 valence electrons. The zero-order chi connectivity index (χ0) is 16.4. The third-order valence-corrected chi connectivity index (χ3v) is 4.04. The van der Waals surface area contributed by atoms with E-state index in [1.807, 2.05) is 30.3 Å². The molecule has 2 aromatic rings. The van der Waals surface area contributed by atoms with Crippen molar-refractivity contribution in [1.82, 2.24) is 5.32 Å². The molecule has 0 radical (unpaired) electrons. The van der Waals surface area contributed by atoms with E-state index in [1.165, 1.54) is 5.56 Å². The first-order chi connectivity index (χ1) is 11.0. The number of nitrogens with one attached hydrogen (secondary N) is 1. The monoisotopic (exact) mass is 307 g/mol. The molecule has 3 nitrogen and oxygen atoms in total. The minimum absolute atomic E-state index is 0.0288. The van der Waals surface area contributed by atoms with Gasteiger partial charge in [-0.1, -0.05) is 36.4 Å². The number of methoxy groups -OCH3 is 1. The minimum Gasteiger partial charge on any atom is -0.497 e. The quantitative estimate of drug-likeness (QED) is 0.691. The molecule has 1 aliphatic rings. The normalized spacial score (nSPS) is 17.3. The van der Waals surface area contributed by atoms with Crippen LogP contribution in [-0.2, 0) is 6.42 Å². The average molecular weight is 307 g/mol. The van der Waals surface area contributed by atoms with Crippen LogP contribution in [0.15, 0.2) is 54.6 Å². The Morgan fingerprint density at radius 1 is 1.17 bits per heavy atom. The fourth-order valence-electron chi connectivity index (χ4n) is 2.99. The van der Waals surface area contributed by atoms with Crippen molar-refractivity contribution in [2.75, 3.05) is 7.11 Å². The number of fused-ring (bicyclic) bond motifs is 1. The molecule has 0 spiro atoms. The first-order valence-electron chi connectivity index (χ1n) is 7.75. The van der Waals surface area contributed by atoms with E-state index in [9.17, 15) is 4.79 Å². The van der Waals surface area contributed by atoms with Crippen LogP contribution in [0.3, 0.4) is 0 Å². The van der Waals surface area contributed by atoms with E-state index in [0.717, 1.165) is 17.7 Å². The first kappa shape index (κ1) is 15.3. The maximum Gasteiger partial charge on any atom is 0.188 e. The van der Waals surface area contributed by atoms with Crippen molar-refractivity contribution in [1.29, 1.82) is 0 Å². The molecule has 0 bridgehead atoms. The number of allylic oxidation sites excluding steroid dienone is 1. The molecule has 0 unspecified atom stereocenters. The minimum atomic E-state index is -0.0746. The summed E-state index contributed by atoms with van der Waals surface area (Å²) in [6.07, 6.45) is 2.63. The number of ketones is 1. The molecule has 1 N–H and O–H groups in total. The van der Waals surface area contributed by atoms with Gasteiger partial charge in [0.25, 0.3) is 0 Å². The standard InChI is InChI=1S/C20H21NO2/c1-20(2)13-15-7-4-5-10-17(15)18(21-20)12-19(22)14-8-6-9-16(11-14)23-3/h4-12,21H,13H2,1-3H3/b18-12-. The van der Waals surface area contributed by atoms with Gasteiger partial charge < -0.3 is 10.1 Å². The van der Waals surface area contributed by atoms with Gasteiger partial charge in [-0.3, -0.25) is 4.79 Å². The smallest absolute Gasteiger partial charge is 0.188 e. The van der Waals surface area contributed by atoms with Gasteiger partial charge in [0, 0.05) is 28.4 Å². The maximum atomic E-state index is 12.6. The molecule has 2 aromatic carbocycles. The summed E-state index contributed by atoms with van der Waals surface area (Å²) >= 11 is 0. The molecular weight excluding hydrogens is 286 g/mol. The molecule has 0 fully saturated rings. The van der Waals surface area contributed by atoms with Crippen LogP contribution in [0.4, 0.5) is 0 Å². The molecular formula is C20H21NO2. The molecule has 23 heavy (non-hydrogen) atoms. The first-order valence-corrected chi connectivity index (χ1v) is 7.75. The van der Waals surface area contributed by atoms with Crippen molar-refractivity contribution in [3.8, 4) is 5.75 Å². The Morgan fingerprint density at radius 2 is 1.96 bits per heavy atom. The van der Waals surface area contributed by atoms with Crippen molar-refractivity contribution < 1.29 is 9.53 Å². The Bertz CT molecular complexity index is 775. The number of rotatable bonds is 3. The van der Waals surface area contributed by atoms with Crippen LogP contribution in [-0.4, -0.2) is 18.4 Å². The Balaban J connectivity index is 1.99. The van der Waals surface area contributed by atoms with E-state index >= 15 is 0 Å². The van der Waals surface area contributed by atoms with Crippen molar-refractivity contribution in [2.45, 2.75) is 25.8 Å². The van der Waals surface area contributed by atoms with Gasteiger partial charge >= 0.3 is 0 Å². The van der Waals surface area contributed by atoms with E-state index in [-0.39, 0.29) is 11.3 Å². The van der Waals surface area contributed by atoms with Crippen molar-refractivity contribution in [3.63, 3.8) is 0 Å². The predicted octanol–water partition coefficient (Wildman–Crippen LogP) is 3.84. The lowest BCUT2D eigenvalue weighted by molar-refractivity contribution is 0.104. The lowest BCUT2D eigenvalue weighted by Gasteiger charge is -2.35. The molecule has 0 amide bonds. The summed E-state index contributed by atoms with van der Waals surface area (Å²) in [6.45, 7) is 4.29. The fraction of sp³-hybridized carbons (Fsp3) is 0.250. The van der Waals surface area contributed by atoms with E-state index in [4.69, 9.17) is 4.74 Å². The van der Waals surface area contributed by atoms with Crippen molar-refractivity contribution >= 4 is 11.5 Å². The number of carbonyl (C=O) groups excluding carboxylic acids is 1. The second-order valence-electron chi connectivity index (χ2n) is 6.50. The summed E-state index contributed by atoms with van der Waals surface area (Å²) in [5.74, 6) is 0.658. The fourth-order valence-corrected chi connectivity index (χ4v) is 2.99. The van der Waals surface area contributed by atoms with Gasteiger partial charge in [0.2, 0.25) is 0 Å². The SMILES string of the molecule is COc1cccc(C(=O)/C=C2\NC(C)(C)Cc3ccccc32)c1. The average Bonchev–Trinajstić information content (AvgIpc) is 2.53. The van der Waals surface area contributed by atoms with Gasteiger partial charge in [0.15, 0.2) is 5.78 Å². The summed E-state index contributed by atoms with van der Waals surface area (Å²) in [5.41, 5.74) is 3.79. The Morgan fingerprint density at radius 3 is 2.74 bits per heavy atom. The summed E-state index contributed by atoms with van der Waals surface area (Å²) in [6, 6.07) is 15.5. The van der Waals surface area contributed by atoms with Gasteiger partial charge in [-0.25, -0.2) is 0 Å². The van der Waals surface area contributed by atoms with Crippen LogP contribution < -0.4 is 10.1 Å². The van der Waals surface area contributed by atoms with Crippen LogP contribution in [0.5, 0.6) is 5.75 Å². The van der Waals surface area contributed by atoms with Gasteiger partial charge in [0.05, 0.1) is 7.11 Å². The zero-order valence-electron chi connectivity index (χ0n) is 13.7. The van der Waals surface area contributed by atoms with Crippen molar-refractivity contribution in [3.05, 3.63) is 71.3 Å². The molecule has 0 saturated heterocycles. The second kappa shape index (κ2) is 5.92. The second-order valence-corrected chi connectivity index (χ2v) is 6.50. The predicted molar refractivity (Wildman–Crippen MR) is 92.7 cm³/mol. The lowest BCUT2D eigenvalue weighted by Crippen LogP contribution is -2.43. The van der Waals surface area contributed by atoms with Crippen LogP contribution in [0.2, 0.25) is 0 Å². The number of benzene rings is 2. The summed E-state index contributed by atoms with van der Waals surface area (Å²) in [4.78, 5) is 12.6. The van der Waals surface area contributed by atoms with Gasteiger partial charge in [0.1, 0.15) is 5.75 Å². The van der Waals surface area contributed by atoms with Crippen molar-refractivity contribution in [2.24, 2.45) is 0 Å². The molecule has 0 aromatic heterocycles. The van der Waals surface area contributed by atoms with E-state index in [0.29, 0.717) is 11.3 Å². The van der Waals surface area contributed by atoms with Gasteiger partial charge in [-0.05, 0) is 38.0 Å². The topological polar surface area (TPSA) is 38.3 Å². The summed E-state index contributed by atoms with van der Waals surface area (Å²) in [7, 11) is 1.60. The molecule has 3 heteroatoms. The Hall–Kier alpha value is -2.55. The van der Waals surface area contributed by atoms with Crippen LogP contribution in [0.1, 0.15) is 35.3 Å². The Labute approximate surface area is 137 Å². The van der Waals surface area contributed by atoms with Crippen LogP contribution >= 0.6 is 0 Å². The van der Waals surface area contributed by atoms with Crippen LogP contribution in [0.25, 0.3) is 5.70 Å². The largest absolute Gasteiger partial charge is 0.497 e. The maximum absolute atomic E-state index is 12.6. The number of hydrogen-bond acceptors (Lipinski definition) is 3. The van der Waals surface area contributed by atoms with Gasteiger partial charge in [-0.15, -0.1) is 0 Å². The van der Waals surface area contributed by atoms with E-state index < -0.39 is 0 Å². The van der Waals surface area contributed by atoms with E-state index in [2.05, 4.69) is 31.3 Å². The molecule has 0 aliphatic carbocycles. The molecule has 1 aliphatic heterocycles. The summed E-state index contributed by atoms with van der Waals surface area (Å²) < 4.78 is 5.20. The highest BCUT2D eigenvalue weighted by molar-refractivity contribution is 6.08. The van der Waals surface area contributed by atoms with E-state index in [1.54, 1.807) is 19.3 Å². The lowest BCUT2D eigenvalue weighted by atomic mass is 9.85. The highest BCUT2D eigenvalue weighted by Gasteiger charge is 2.27. The third kappa shape index (κ3) is 3.29. The highest BCUT2D eigenvalue weighted by Crippen LogP contribution is 2.29. The molecule has 0 saturated carbocycles. The molecule has 3 rings (SSSR count). The molecule has 1 heterocycles. The summed E-state index contributed by atoms with van der Waals surface area (Å²) in [5, 5.41) is 3.49. The number of carbonyl (C=O) groups is 1. The van der Waals surface area contributed by atoms with Gasteiger partial charge in [-0.2, -0.15) is 0 Å². The zero-order valence-corrected chi connectivity index (χ0v) is 13.7. The number of ether oxygens (including phenoxy) is 1. The number of hydrogen-bond donors (Lipinski definition) is 1. The highest BCUT2D eigenvalue weighted by atomic mass is 16.5. The third-order valence-electron chi connectivity index (χ3n) is 4.04. The van der Waals surface area contributed by atoms with Crippen LogP contribution in [0, 0.1) is 0 Å². The Kier molecular flexibility index (Phi) is 3.95.